The van der Waals surface area contributed by atoms with Crippen molar-refractivity contribution in [1.82, 2.24) is 10.6 Å². The Morgan fingerprint density at radius 3 is 2.60 bits per heavy atom. The van der Waals surface area contributed by atoms with E-state index in [4.69, 9.17) is 9.47 Å². The third-order valence-corrected chi connectivity index (χ3v) is 1.77. The van der Waals surface area contributed by atoms with Crippen LogP contribution in [-0.4, -0.2) is 46.1 Å². The Balaban J connectivity index is 3.01. The zero-order valence-corrected chi connectivity index (χ0v) is 9.67. The lowest BCUT2D eigenvalue weighted by Gasteiger charge is -2.06. The number of urea groups is 1. The normalized spacial score (nSPS) is 10.0. The van der Waals surface area contributed by atoms with Crippen LogP contribution < -0.4 is 10.6 Å². The Kier molecular flexibility index (Phi) is 10.7. The summed E-state index contributed by atoms with van der Waals surface area (Å²) in [5.41, 5.74) is 0. The van der Waals surface area contributed by atoms with E-state index in [0.29, 0.717) is 26.3 Å². The van der Waals surface area contributed by atoms with E-state index in [1.165, 1.54) is 0 Å². The van der Waals surface area contributed by atoms with Crippen molar-refractivity contribution in [2.24, 2.45) is 0 Å². The van der Waals surface area contributed by atoms with E-state index < -0.39 is 0 Å². The number of carbonyl (C=O) groups is 1. The minimum atomic E-state index is -0.0993. The van der Waals surface area contributed by atoms with Gasteiger partial charge in [0.15, 0.2) is 0 Å². The summed E-state index contributed by atoms with van der Waals surface area (Å²) in [5, 5.41) is 5.42. The third-order valence-electron chi connectivity index (χ3n) is 1.77. The highest BCUT2D eigenvalue weighted by molar-refractivity contribution is 5.73. The van der Waals surface area contributed by atoms with Crippen LogP contribution >= 0.6 is 0 Å². The van der Waals surface area contributed by atoms with Crippen molar-refractivity contribution in [1.29, 1.82) is 0 Å². The SMILES string of the molecule is CCNC(=O)NCCCCOCCOC. The summed E-state index contributed by atoms with van der Waals surface area (Å²) in [7, 11) is 1.65. The van der Waals surface area contributed by atoms with E-state index in [1.54, 1.807) is 7.11 Å². The van der Waals surface area contributed by atoms with E-state index in [-0.39, 0.29) is 6.03 Å². The highest BCUT2D eigenvalue weighted by atomic mass is 16.5. The van der Waals surface area contributed by atoms with E-state index in [1.807, 2.05) is 6.92 Å². The van der Waals surface area contributed by atoms with Crippen molar-refractivity contribution in [3.05, 3.63) is 0 Å². The monoisotopic (exact) mass is 218 g/mol. The number of nitrogens with one attached hydrogen (secondary N) is 2. The molecular weight excluding hydrogens is 196 g/mol. The summed E-state index contributed by atoms with van der Waals surface area (Å²) in [6, 6.07) is -0.0993. The molecule has 0 fully saturated rings. The van der Waals surface area contributed by atoms with Crippen molar-refractivity contribution < 1.29 is 14.3 Å². The van der Waals surface area contributed by atoms with Gasteiger partial charge < -0.3 is 20.1 Å². The Morgan fingerprint density at radius 2 is 1.93 bits per heavy atom. The van der Waals surface area contributed by atoms with Gasteiger partial charge in [-0.2, -0.15) is 0 Å². The molecule has 0 atom stereocenters. The maximum absolute atomic E-state index is 10.9. The zero-order valence-electron chi connectivity index (χ0n) is 9.67. The second kappa shape index (κ2) is 11.3. The molecule has 5 heteroatoms. The molecule has 0 rings (SSSR count). The van der Waals surface area contributed by atoms with Gasteiger partial charge in [0.25, 0.3) is 0 Å². The molecule has 5 nitrogen and oxygen atoms in total. The summed E-state index contributed by atoms with van der Waals surface area (Å²) >= 11 is 0. The van der Waals surface area contributed by atoms with Crippen LogP contribution in [0, 0.1) is 0 Å². The van der Waals surface area contributed by atoms with Crippen LogP contribution in [0.4, 0.5) is 4.79 Å². The lowest BCUT2D eigenvalue weighted by atomic mass is 10.3. The number of hydrogen-bond acceptors (Lipinski definition) is 3. The molecule has 0 saturated heterocycles. The lowest BCUT2D eigenvalue weighted by molar-refractivity contribution is 0.0688. The summed E-state index contributed by atoms with van der Waals surface area (Å²) < 4.78 is 10.1. The molecular formula is C10H22N2O3. The predicted octanol–water partition coefficient (Wildman–Crippen LogP) is 0.749. The largest absolute Gasteiger partial charge is 0.382 e. The first-order chi connectivity index (χ1) is 7.31. The number of amides is 2. The minimum Gasteiger partial charge on any atom is -0.382 e. The maximum Gasteiger partial charge on any atom is 0.314 e. The number of rotatable bonds is 9. The van der Waals surface area contributed by atoms with Crippen LogP contribution in [0.25, 0.3) is 0 Å². The Bertz CT molecular complexity index is 154. The predicted molar refractivity (Wildman–Crippen MR) is 59.0 cm³/mol. The summed E-state index contributed by atoms with van der Waals surface area (Å²) in [5.74, 6) is 0. The molecule has 0 saturated carbocycles. The second-order valence-electron chi connectivity index (χ2n) is 3.10. The third kappa shape index (κ3) is 11.1. The molecule has 0 unspecified atom stereocenters. The molecule has 0 aromatic rings. The second-order valence-corrected chi connectivity index (χ2v) is 3.10. The molecule has 0 aliphatic heterocycles. The minimum absolute atomic E-state index is 0.0993. The van der Waals surface area contributed by atoms with Crippen molar-refractivity contribution in [2.45, 2.75) is 19.8 Å². The van der Waals surface area contributed by atoms with Gasteiger partial charge >= 0.3 is 6.03 Å². The van der Waals surface area contributed by atoms with Crippen LogP contribution in [0.5, 0.6) is 0 Å². The fourth-order valence-electron chi connectivity index (χ4n) is 0.998. The molecule has 0 bridgehead atoms. The van der Waals surface area contributed by atoms with Crippen LogP contribution in [0.1, 0.15) is 19.8 Å². The van der Waals surface area contributed by atoms with Crippen LogP contribution in [0.2, 0.25) is 0 Å². The average molecular weight is 218 g/mol. The topological polar surface area (TPSA) is 59.6 Å². The highest BCUT2D eigenvalue weighted by Gasteiger charge is 1.95. The number of ether oxygens (including phenoxy) is 2. The standard InChI is InChI=1S/C10H22N2O3/c1-3-11-10(13)12-6-4-5-7-15-9-8-14-2/h3-9H2,1-2H3,(H2,11,12,13). The van der Waals surface area contributed by atoms with Gasteiger partial charge in [-0.05, 0) is 19.8 Å². The number of hydrogen-bond donors (Lipinski definition) is 2. The van der Waals surface area contributed by atoms with Gasteiger partial charge in [0.05, 0.1) is 13.2 Å². The van der Waals surface area contributed by atoms with Crippen molar-refractivity contribution in [2.75, 3.05) is 40.0 Å². The van der Waals surface area contributed by atoms with Gasteiger partial charge in [0.2, 0.25) is 0 Å². The molecule has 0 aromatic carbocycles. The number of unbranched alkanes of at least 4 members (excludes halogenated alkanes) is 1. The fraction of sp³-hybridized carbons (Fsp3) is 0.900. The van der Waals surface area contributed by atoms with E-state index in [2.05, 4.69) is 10.6 Å². The molecule has 0 aliphatic rings. The first-order valence-corrected chi connectivity index (χ1v) is 5.39. The number of methoxy groups -OCH3 is 1. The molecule has 0 heterocycles. The van der Waals surface area contributed by atoms with Crippen LogP contribution in [0.15, 0.2) is 0 Å². The summed E-state index contributed by atoms with van der Waals surface area (Å²) in [6.45, 7) is 5.24. The van der Waals surface area contributed by atoms with E-state index >= 15 is 0 Å². The van der Waals surface area contributed by atoms with Crippen LogP contribution in [-0.2, 0) is 9.47 Å². The Labute approximate surface area is 91.5 Å². The van der Waals surface area contributed by atoms with E-state index in [0.717, 1.165) is 19.4 Å². The maximum atomic E-state index is 10.9. The van der Waals surface area contributed by atoms with Gasteiger partial charge in [0, 0.05) is 26.8 Å². The molecule has 2 N–H and O–H groups in total. The van der Waals surface area contributed by atoms with Gasteiger partial charge in [0.1, 0.15) is 0 Å². The van der Waals surface area contributed by atoms with E-state index in [9.17, 15) is 4.79 Å². The average Bonchev–Trinajstić information content (AvgIpc) is 2.22. The molecule has 0 radical (unpaired) electrons. The first-order valence-electron chi connectivity index (χ1n) is 5.39. The first kappa shape index (κ1) is 14.2. The Hall–Kier alpha value is -0.810. The van der Waals surface area contributed by atoms with Gasteiger partial charge in [-0.25, -0.2) is 4.79 Å². The van der Waals surface area contributed by atoms with Crippen molar-refractivity contribution >= 4 is 6.03 Å². The molecule has 0 aromatic heterocycles. The summed E-state index contributed by atoms with van der Waals surface area (Å²) in [4.78, 5) is 10.9. The van der Waals surface area contributed by atoms with Crippen molar-refractivity contribution in [3.63, 3.8) is 0 Å². The Morgan fingerprint density at radius 1 is 1.13 bits per heavy atom. The lowest BCUT2D eigenvalue weighted by Crippen LogP contribution is -2.35. The zero-order chi connectivity index (χ0) is 11.4. The molecule has 2 amide bonds. The number of carbonyl (C=O) groups excluding carboxylic acids is 1. The fourth-order valence-corrected chi connectivity index (χ4v) is 0.998. The molecule has 15 heavy (non-hydrogen) atoms. The summed E-state index contributed by atoms with van der Waals surface area (Å²) in [6.07, 6.45) is 1.89. The highest BCUT2D eigenvalue weighted by Crippen LogP contribution is 1.88. The molecule has 90 valence electrons. The van der Waals surface area contributed by atoms with Gasteiger partial charge in [-0.1, -0.05) is 0 Å². The molecule has 0 spiro atoms. The van der Waals surface area contributed by atoms with Crippen molar-refractivity contribution in [3.8, 4) is 0 Å². The van der Waals surface area contributed by atoms with Gasteiger partial charge in [-0.3, -0.25) is 0 Å². The van der Waals surface area contributed by atoms with Crippen LogP contribution in [0.3, 0.4) is 0 Å². The molecule has 0 aliphatic carbocycles. The smallest absolute Gasteiger partial charge is 0.314 e. The quantitative estimate of drug-likeness (QED) is 0.561. The van der Waals surface area contributed by atoms with Gasteiger partial charge in [-0.15, -0.1) is 0 Å².